The Morgan fingerprint density at radius 2 is 2.00 bits per heavy atom. The van der Waals surface area contributed by atoms with Gasteiger partial charge in [0.1, 0.15) is 19.6 Å². The highest BCUT2D eigenvalue weighted by molar-refractivity contribution is 4.45. The molecular formula is C7H16NO2+. The Bertz CT molecular complexity index is 94.3. The lowest BCUT2D eigenvalue weighted by Crippen LogP contribution is -2.53. The van der Waals surface area contributed by atoms with Crippen molar-refractivity contribution in [3.63, 3.8) is 0 Å². The van der Waals surface area contributed by atoms with E-state index in [2.05, 4.69) is 7.05 Å². The molecule has 0 amide bonds. The van der Waals surface area contributed by atoms with Gasteiger partial charge in [-0.2, -0.15) is 0 Å². The third kappa shape index (κ3) is 1.94. The van der Waals surface area contributed by atoms with E-state index in [1.807, 2.05) is 0 Å². The molecule has 0 radical (unpaired) electrons. The predicted octanol–water partition coefficient (Wildman–Crippen LogP) is -0.544. The molecule has 1 N–H and O–H groups in total. The van der Waals surface area contributed by atoms with Crippen LogP contribution in [0.15, 0.2) is 0 Å². The van der Waals surface area contributed by atoms with Crippen LogP contribution in [0.4, 0.5) is 0 Å². The second-order valence-electron chi connectivity index (χ2n) is 3.13. The van der Waals surface area contributed by atoms with Gasteiger partial charge in [0.2, 0.25) is 0 Å². The molecule has 1 rings (SSSR count). The Morgan fingerprint density at radius 1 is 1.40 bits per heavy atom. The summed E-state index contributed by atoms with van der Waals surface area (Å²) in [5.41, 5.74) is 0. The topological polar surface area (TPSA) is 29.5 Å². The van der Waals surface area contributed by atoms with Crippen LogP contribution in [-0.4, -0.2) is 56.1 Å². The number of ether oxygens (including phenoxy) is 1. The van der Waals surface area contributed by atoms with Crippen molar-refractivity contribution in [2.24, 2.45) is 0 Å². The zero-order chi connectivity index (χ0) is 7.45. The Balaban J connectivity index is 2.32. The first-order valence-electron chi connectivity index (χ1n) is 3.79. The van der Waals surface area contributed by atoms with E-state index in [0.29, 0.717) is 0 Å². The molecule has 60 valence electrons. The van der Waals surface area contributed by atoms with Crippen LogP contribution in [0.25, 0.3) is 0 Å². The lowest BCUT2D eigenvalue weighted by molar-refractivity contribution is -0.917. The fourth-order valence-electron chi connectivity index (χ4n) is 1.25. The lowest BCUT2D eigenvalue weighted by Gasteiger charge is -2.36. The minimum atomic E-state index is 0.288. The van der Waals surface area contributed by atoms with Crippen molar-refractivity contribution in [2.45, 2.75) is 0 Å². The molecule has 1 saturated heterocycles. The molecule has 0 spiro atoms. The SMILES string of the molecule is C[N+]1(CCO)CCOCC1. The summed E-state index contributed by atoms with van der Waals surface area (Å²) in [6.07, 6.45) is 0. The van der Waals surface area contributed by atoms with Gasteiger partial charge in [-0.3, -0.25) is 0 Å². The van der Waals surface area contributed by atoms with E-state index < -0.39 is 0 Å². The van der Waals surface area contributed by atoms with Gasteiger partial charge < -0.3 is 14.3 Å². The number of quaternary nitrogens is 1. The van der Waals surface area contributed by atoms with E-state index in [0.717, 1.165) is 37.3 Å². The Kier molecular flexibility index (Phi) is 2.65. The Hall–Kier alpha value is -0.120. The van der Waals surface area contributed by atoms with E-state index in [-0.39, 0.29) is 6.61 Å². The van der Waals surface area contributed by atoms with Crippen molar-refractivity contribution < 1.29 is 14.3 Å². The monoisotopic (exact) mass is 146 g/mol. The molecule has 0 aromatic carbocycles. The highest BCUT2D eigenvalue weighted by Gasteiger charge is 2.23. The Morgan fingerprint density at radius 3 is 2.50 bits per heavy atom. The molecule has 3 nitrogen and oxygen atoms in total. The zero-order valence-corrected chi connectivity index (χ0v) is 6.55. The van der Waals surface area contributed by atoms with Gasteiger partial charge >= 0.3 is 0 Å². The summed E-state index contributed by atoms with van der Waals surface area (Å²) in [7, 11) is 2.17. The second kappa shape index (κ2) is 3.32. The molecule has 1 heterocycles. The van der Waals surface area contributed by atoms with E-state index >= 15 is 0 Å². The third-order valence-electron chi connectivity index (χ3n) is 2.19. The van der Waals surface area contributed by atoms with Crippen LogP contribution in [0, 0.1) is 0 Å². The van der Waals surface area contributed by atoms with Crippen molar-refractivity contribution in [1.82, 2.24) is 0 Å². The van der Waals surface area contributed by atoms with Gasteiger partial charge in [-0.15, -0.1) is 0 Å². The van der Waals surface area contributed by atoms with Crippen LogP contribution in [0.3, 0.4) is 0 Å². The van der Waals surface area contributed by atoms with Gasteiger partial charge in [0.25, 0.3) is 0 Å². The fraction of sp³-hybridized carbons (Fsp3) is 1.00. The fourth-order valence-corrected chi connectivity index (χ4v) is 1.25. The first kappa shape index (κ1) is 7.98. The molecule has 0 aromatic heterocycles. The van der Waals surface area contributed by atoms with Crippen molar-refractivity contribution in [3.05, 3.63) is 0 Å². The molecule has 10 heavy (non-hydrogen) atoms. The highest BCUT2D eigenvalue weighted by atomic mass is 16.5. The maximum atomic E-state index is 8.73. The smallest absolute Gasteiger partial charge is 0.102 e. The number of rotatable bonds is 2. The number of aliphatic hydroxyl groups excluding tert-OH is 1. The summed E-state index contributed by atoms with van der Waals surface area (Å²) in [5, 5.41) is 8.73. The molecule has 0 unspecified atom stereocenters. The van der Waals surface area contributed by atoms with Crippen molar-refractivity contribution in [2.75, 3.05) is 46.5 Å². The summed E-state index contributed by atoms with van der Waals surface area (Å²) in [6, 6.07) is 0. The number of aliphatic hydroxyl groups is 1. The standard InChI is InChI=1S/C7H16NO2/c1-8(2-5-9)3-6-10-7-4-8/h9H,2-7H2,1H3/q+1. The van der Waals surface area contributed by atoms with Gasteiger partial charge in [-0.25, -0.2) is 0 Å². The van der Waals surface area contributed by atoms with Gasteiger partial charge in [-0.05, 0) is 0 Å². The molecule has 3 heteroatoms. The van der Waals surface area contributed by atoms with Crippen LogP contribution in [0.2, 0.25) is 0 Å². The van der Waals surface area contributed by atoms with Gasteiger partial charge in [-0.1, -0.05) is 0 Å². The molecule has 0 aliphatic carbocycles. The average Bonchev–Trinajstić information content (AvgIpc) is 1.89. The summed E-state index contributed by atoms with van der Waals surface area (Å²) >= 11 is 0. The van der Waals surface area contributed by atoms with E-state index in [1.165, 1.54) is 0 Å². The number of hydrogen-bond acceptors (Lipinski definition) is 2. The zero-order valence-electron chi connectivity index (χ0n) is 6.55. The normalized spacial score (nSPS) is 24.6. The van der Waals surface area contributed by atoms with Gasteiger partial charge in [0.05, 0.1) is 26.9 Å². The van der Waals surface area contributed by atoms with Crippen LogP contribution in [0.1, 0.15) is 0 Å². The maximum Gasteiger partial charge on any atom is 0.102 e. The molecule has 1 fully saturated rings. The minimum Gasteiger partial charge on any atom is -0.391 e. The number of nitrogens with zero attached hydrogens (tertiary/aromatic N) is 1. The second-order valence-corrected chi connectivity index (χ2v) is 3.13. The largest absolute Gasteiger partial charge is 0.391 e. The van der Waals surface area contributed by atoms with Crippen molar-refractivity contribution >= 4 is 0 Å². The number of likely N-dealkylation sites (N-methyl/N-ethyl adjacent to an activating group) is 1. The highest BCUT2D eigenvalue weighted by Crippen LogP contribution is 2.05. The quantitative estimate of drug-likeness (QED) is 0.530. The summed E-state index contributed by atoms with van der Waals surface area (Å²) < 4.78 is 6.18. The maximum absolute atomic E-state index is 8.73. The van der Waals surface area contributed by atoms with Crippen molar-refractivity contribution in [3.8, 4) is 0 Å². The molecule has 0 atom stereocenters. The summed E-state index contributed by atoms with van der Waals surface area (Å²) in [5.74, 6) is 0. The first-order chi connectivity index (χ1) is 4.77. The van der Waals surface area contributed by atoms with Gasteiger partial charge in [0, 0.05) is 0 Å². The van der Waals surface area contributed by atoms with Crippen LogP contribution in [0.5, 0.6) is 0 Å². The minimum absolute atomic E-state index is 0.288. The predicted molar refractivity (Wildman–Crippen MR) is 38.7 cm³/mol. The lowest BCUT2D eigenvalue weighted by atomic mass is 10.3. The van der Waals surface area contributed by atoms with Crippen LogP contribution < -0.4 is 0 Å². The molecule has 0 aromatic rings. The van der Waals surface area contributed by atoms with Crippen molar-refractivity contribution in [1.29, 1.82) is 0 Å². The third-order valence-corrected chi connectivity index (χ3v) is 2.19. The summed E-state index contributed by atoms with van der Waals surface area (Å²) in [6.45, 7) is 4.92. The van der Waals surface area contributed by atoms with Crippen LogP contribution >= 0.6 is 0 Å². The number of morpholine rings is 1. The molecule has 1 aliphatic rings. The molecule has 0 bridgehead atoms. The average molecular weight is 146 g/mol. The van der Waals surface area contributed by atoms with E-state index in [1.54, 1.807) is 0 Å². The number of hydrogen-bond donors (Lipinski definition) is 1. The summed E-state index contributed by atoms with van der Waals surface area (Å²) in [4.78, 5) is 0. The van der Waals surface area contributed by atoms with Crippen LogP contribution in [-0.2, 0) is 4.74 Å². The molecule has 1 aliphatic heterocycles. The van der Waals surface area contributed by atoms with Gasteiger partial charge in [0.15, 0.2) is 0 Å². The van der Waals surface area contributed by atoms with E-state index in [4.69, 9.17) is 9.84 Å². The molecule has 0 saturated carbocycles. The Labute approximate surface area is 61.8 Å². The first-order valence-corrected chi connectivity index (χ1v) is 3.79. The van der Waals surface area contributed by atoms with E-state index in [9.17, 15) is 0 Å². The molecular weight excluding hydrogens is 130 g/mol.